The molecule has 0 N–H and O–H groups in total. The Kier molecular flexibility index (Phi) is 4.37. The molecule has 0 fully saturated rings. The minimum atomic E-state index is -0.114. The molecule has 3 heteroatoms. The van der Waals surface area contributed by atoms with Crippen molar-refractivity contribution < 1.29 is 9.53 Å². The molecule has 0 unspecified atom stereocenters. The van der Waals surface area contributed by atoms with Gasteiger partial charge in [0, 0.05) is 5.02 Å². The highest BCUT2D eigenvalue weighted by molar-refractivity contribution is 6.32. The van der Waals surface area contributed by atoms with E-state index in [1.54, 1.807) is 37.5 Å². The number of benzene rings is 2. The van der Waals surface area contributed by atoms with Crippen LogP contribution in [0.3, 0.4) is 0 Å². The predicted molar refractivity (Wildman–Crippen MR) is 77.8 cm³/mol. The van der Waals surface area contributed by atoms with Crippen LogP contribution in [0.5, 0.6) is 5.75 Å². The Morgan fingerprint density at radius 3 is 2.53 bits per heavy atom. The summed E-state index contributed by atoms with van der Waals surface area (Å²) in [4.78, 5) is 12.1. The highest BCUT2D eigenvalue weighted by Crippen LogP contribution is 2.20. The number of carbonyl (C=O) groups excluding carboxylic acids is 1. The van der Waals surface area contributed by atoms with Crippen molar-refractivity contribution in [1.29, 1.82) is 0 Å². The van der Waals surface area contributed by atoms with Gasteiger partial charge in [0.25, 0.3) is 0 Å². The molecule has 2 aromatic rings. The molecule has 19 heavy (non-hydrogen) atoms. The third kappa shape index (κ3) is 3.24. The topological polar surface area (TPSA) is 26.3 Å². The van der Waals surface area contributed by atoms with Crippen LogP contribution >= 0.6 is 11.6 Å². The molecule has 0 atom stereocenters. The van der Waals surface area contributed by atoms with E-state index in [0.29, 0.717) is 16.3 Å². The first kappa shape index (κ1) is 13.4. The number of allylic oxidation sites excluding steroid dienone is 1. The maximum Gasteiger partial charge on any atom is 0.189 e. The van der Waals surface area contributed by atoms with E-state index >= 15 is 0 Å². The van der Waals surface area contributed by atoms with Crippen molar-refractivity contribution in [3.05, 3.63) is 70.8 Å². The Balaban J connectivity index is 2.24. The van der Waals surface area contributed by atoms with Gasteiger partial charge in [0.05, 0.1) is 12.7 Å². The minimum Gasteiger partial charge on any atom is -0.496 e. The Labute approximate surface area is 117 Å². The van der Waals surface area contributed by atoms with Crippen molar-refractivity contribution in [2.45, 2.75) is 0 Å². The summed E-state index contributed by atoms with van der Waals surface area (Å²) >= 11 is 6.03. The van der Waals surface area contributed by atoms with Gasteiger partial charge in [0.15, 0.2) is 5.78 Å². The lowest BCUT2D eigenvalue weighted by Gasteiger charge is -2.04. The zero-order valence-electron chi connectivity index (χ0n) is 10.5. The maximum atomic E-state index is 12.1. The predicted octanol–water partition coefficient (Wildman–Crippen LogP) is 4.24. The fourth-order valence-corrected chi connectivity index (χ4v) is 1.91. The molecular weight excluding hydrogens is 260 g/mol. The van der Waals surface area contributed by atoms with E-state index < -0.39 is 0 Å². The van der Waals surface area contributed by atoms with E-state index in [9.17, 15) is 4.79 Å². The van der Waals surface area contributed by atoms with Crippen LogP contribution in [-0.4, -0.2) is 12.9 Å². The van der Waals surface area contributed by atoms with Crippen molar-refractivity contribution in [2.24, 2.45) is 0 Å². The number of halogens is 1. The number of ether oxygens (including phenoxy) is 1. The van der Waals surface area contributed by atoms with Crippen LogP contribution in [0.15, 0.2) is 54.6 Å². The van der Waals surface area contributed by atoms with Crippen LogP contribution in [0.25, 0.3) is 6.08 Å². The molecule has 0 spiro atoms. The van der Waals surface area contributed by atoms with Gasteiger partial charge in [-0.2, -0.15) is 0 Å². The Morgan fingerprint density at radius 2 is 1.79 bits per heavy atom. The van der Waals surface area contributed by atoms with E-state index in [2.05, 4.69) is 0 Å². The number of methoxy groups -OCH3 is 1. The molecule has 0 aliphatic carbocycles. The fourth-order valence-electron chi connectivity index (χ4n) is 1.71. The van der Waals surface area contributed by atoms with Gasteiger partial charge in [0.1, 0.15) is 5.75 Å². The number of para-hydroxylation sites is 1. The zero-order valence-corrected chi connectivity index (χ0v) is 11.2. The Hall–Kier alpha value is -2.06. The van der Waals surface area contributed by atoms with E-state index in [1.807, 2.05) is 24.3 Å². The van der Waals surface area contributed by atoms with Crippen LogP contribution in [0.1, 0.15) is 15.9 Å². The highest BCUT2D eigenvalue weighted by atomic mass is 35.5. The van der Waals surface area contributed by atoms with Crippen molar-refractivity contribution in [3.8, 4) is 5.75 Å². The van der Waals surface area contributed by atoms with Gasteiger partial charge in [-0.25, -0.2) is 0 Å². The molecular formula is C16H13ClO2. The van der Waals surface area contributed by atoms with E-state index in [4.69, 9.17) is 16.3 Å². The molecule has 0 amide bonds. The lowest BCUT2D eigenvalue weighted by Crippen LogP contribution is -1.98. The molecule has 0 aliphatic rings. The van der Waals surface area contributed by atoms with Gasteiger partial charge in [-0.3, -0.25) is 4.79 Å². The lowest BCUT2D eigenvalue weighted by atomic mass is 10.1. The molecule has 0 bridgehead atoms. The molecule has 0 aromatic heterocycles. The summed E-state index contributed by atoms with van der Waals surface area (Å²) in [7, 11) is 1.55. The molecule has 2 rings (SSSR count). The summed E-state index contributed by atoms with van der Waals surface area (Å²) in [6.45, 7) is 0. The molecule has 96 valence electrons. The number of hydrogen-bond acceptors (Lipinski definition) is 2. The zero-order chi connectivity index (χ0) is 13.7. The summed E-state index contributed by atoms with van der Waals surface area (Å²) in [6.07, 6.45) is 3.20. The van der Waals surface area contributed by atoms with Crippen LogP contribution < -0.4 is 4.74 Å². The first-order chi connectivity index (χ1) is 9.22. The van der Waals surface area contributed by atoms with E-state index in [1.165, 1.54) is 6.08 Å². The summed E-state index contributed by atoms with van der Waals surface area (Å²) < 4.78 is 5.16. The first-order valence-corrected chi connectivity index (χ1v) is 6.20. The van der Waals surface area contributed by atoms with E-state index in [-0.39, 0.29) is 5.78 Å². The summed E-state index contributed by atoms with van der Waals surface area (Å²) in [5.41, 5.74) is 1.35. The van der Waals surface area contributed by atoms with E-state index in [0.717, 1.165) is 5.56 Å². The summed E-state index contributed by atoms with van der Waals surface area (Å²) in [6, 6.07) is 14.5. The van der Waals surface area contributed by atoms with Crippen LogP contribution in [0.4, 0.5) is 0 Å². The largest absolute Gasteiger partial charge is 0.496 e. The third-order valence-corrected chi connectivity index (χ3v) is 3.04. The first-order valence-electron chi connectivity index (χ1n) is 5.82. The van der Waals surface area contributed by atoms with Crippen LogP contribution in [-0.2, 0) is 0 Å². The molecule has 0 saturated carbocycles. The molecule has 0 heterocycles. The molecule has 0 aliphatic heterocycles. The summed E-state index contributed by atoms with van der Waals surface area (Å²) in [5.74, 6) is 0.452. The van der Waals surface area contributed by atoms with Crippen LogP contribution in [0.2, 0.25) is 5.02 Å². The Morgan fingerprint density at radius 1 is 1.11 bits per heavy atom. The smallest absolute Gasteiger partial charge is 0.189 e. The van der Waals surface area contributed by atoms with Gasteiger partial charge < -0.3 is 4.74 Å². The Bertz CT molecular complexity index is 618. The quantitative estimate of drug-likeness (QED) is 0.614. The molecule has 0 saturated heterocycles. The second-order valence-electron chi connectivity index (χ2n) is 3.92. The number of carbonyl (C=O) groups is 1. The second kappa shape index (κ2) is 6.21. The molecule has 2 aromatic carbocycles. The lowest BCUT2D eigenvalue weighted by molar-refractivity contribution is 0.104. The molecule has 2 nitrogen and oxygen atoms in total. The normalized spacial score (nSPS) is 10.6. The van der Waals surface area contributed by atoms with Gasteiger partial charge in [-0.15, -0.1) is 0 Å². The third-order valence-electron chi connectivity index (χ3n) is 2.69. The highest BCUT2D eigenvalue weighted by Gasteiger charge is 2.08. The second-order valence-corrected chi connectivity index (χ2v) is 4.33. The van der Waals surface area contributed by atoms with Gasteiger partial charge in [0.2, 0.25) is 0 Å². The average molecular weight is 273 g/mol. The van der Waals surface area contributed by atoms with Crippen molar-refractivity contribution in [1.82, 2.24) is 0 Å². The minimum absolute atomic E-state index is 0.114. The average Bonchev–Trinajstić information content (AvgIpc) is 2.46. The van der Waals surface area contributed by atoms with Gasteiger partial charge >= 0.3 is 0 Å². The van der Waals surface area contributed by atoms with Crippen molar-refractivity contribution in [2.75, 3.05) is 7.11 Å². The summed E-state index contributed by atoms with van der Waals surface area (Å²) in [5, 5.41) is 0.617. The molecule has 0 radical (unpaired) electrons. The van der Waals surface area contributed by atoms with Crippen molar-refractivity contribution >= 4 is 23.5 Å². The SMILES string of the molecule is COc1ccccc1C(=O)/C=C/c1ccccc1Cl. The number of hydrogen-bond donors (Lipinski definition) is 0. The van der Waals surface area contributed by atoms with Gasteiger partial charge in [-0.1, -0.05) is 41.9 Å². The van der Waals surface area contributed by atoms with Gasteiger partial charge in [-0.05, 0) is 35.9 Å². The monoisotopic (exact) mass is 272 g/mol. The standard InChI is InChI=1S/C16H13ClO2/c1-19-16-9-5-3-7-13(16)15(18)11-10-12-6-2-4-8-14(12)17/h2-11H,1H3/b11-10+. The maximum absolute atomic E-state index is 12.1. The van der Waals surface area contributed by atoms with Crippen molar-refractivity contribution in [3.63, 3.8) is 0 Å². The number of ketones is 1. The van der Waals surface area contributed by atoms with Crippen LogP contribution in [0, 0.1) is 0 Å². The number of rotatable bonds is 4. The fraction of sp³-hybridized carbons (Fsp3) is 0.0625.